The molecule has 2 aromatic heterocycles. The van der Waals surface area contributed by atoms with Gasteiger partial charge in [-0.15, -0.1) is 10.2 Å². The van der Waals surface area contributed by atoms with Crippen LogP contribution in [0.15, 0.2) is 53.9 Å². The minimum absolute atomic E-state index is 0.384. The van der Waals surface area contributed by atoms with Crippen molar-refractivity contribution in [2.75, 3.05) is 0 Å². The molecule has 3 rings (SSSR count). The van der Waals surface area contributed by atoms with E-state index in [4.69, 9.17) is 0 Å². The largest absolute Gasteiger partial charge is 0.416 e. The van der Waals surface area contributed by atoms with Gasteiger partial charge in [-0.25, -0.2) is 0 Å². The summed E-state index contributed by atoms with van der Waals surface area (Å²) in [7, 11) is 0. The number of alkyl halides is 3. The number of pyridine rings is 1. The molecular weight excluding hydrogens is 349 g/mol. The predicted molar refractivity (Wildman–Crippen MR) is 89.9 cm³/mol. The second-order valence-electron chi connectivity index (χ2n) is 5.28. The Balaban J connectivity index is 1.80. The molecule has 0 radical (unpaired) electrons. The molecule has 0 saturated heterocycles. The Kier molecular flexibility index (Phi) is 5.08. The molecule has 25 heavy (non-hydrogen) atoms. The van der Waals surface area contributed by atoms with Gasteiger partial charge in [-0.1, -0.05) is 30.0 Å². The molecule has 0 aliphatic carbocycles. The van der Waals surface area contributed by atoms with E-state index in [0.29, 0.717) is 28.8 Å². The zero-order chi connectivity index (χ0) is 17.9. The lowest BCUT2D eigenvalue weighted by molar-refractivity contribution is -0.137. The summed E-state index contributed by atoms with van der Waals surface area (Å²) in [5, 5.41) is 9.04. The van der Waals surface area contributed by atoms with Gasteiger partial charge in [0.25, 0.3) is 0 Å². The van der Waals surface area contributed by atoms with E-state index in [0.717, 1.165) is 11.6 Å². The first-order valence-corrected chi connectivity index (χ1v) is 8.60. The number of hydrogen-bond donors (Lipinski definition) is 0. The van der Waals surface area contributed by atoms with Gasteiger partial charge in [0.2, 0.25) is 0 Å². The lowest BCUT2D eigenvalue weighted by Gasteiger charge is -2.09. The number of rotatable bonds is 5. The molecule has 130 valence electrons. The Morgan fingerprint density at radius 1 is 1.12 bits per heavy atom. The van der Waals surface area contributed by atoms with Crippen molar-refractivity contribution in [1.82, 2.24) is 19.7 Å². The first kappa shape index (κ1) is 17.5. The summed E-state index contributed by atoms with van der Waals surface area (Å²) in [5.41, 5.74) is 0.801. The summed E-state index contributed by atoms with van der Waals surface area (Å²) in [6.07, 6.45) is -0.950. The van der Waals surface area contributed by atoms with E-state index in [1.54, 1.807) is 18.5 Å². The molecule has 0 amide bonds. The molecule has 0 atom stereocenters. The van der Waals surface area contributed by atoms with Gasteiger partial charge in [-0.3, -0.25) is 4.98 Å². The standard InChI is InChI=1S/C17H15F3N4S/c1-2-24-15(13-6-4-8-21-10-13)22-23-16(24)25-11-12-5-3-7-14(9-12)17(18,19)20/h3-10H,2,11H2,1H3. The van der Waals surface area contributed by atoms with Crippen molar-refractivity contribution in [2.45, 2.75) is 30.6 Å². The second kappa shape index (κ2) is 7.26. The first-order valence-electron chi connectivity index (χ1n) is 7.61. The lowest BCUT2D eigenvalue weighted by Crippen LogP contribution is -2.05. The third-order valence-electron chi connectivity index (χ3n) is 3.58. The van der Waals surface area contributed by atoms with Crippen LogP contribution in [0, 0.1) is 0 Å². The van der Waals surface area contributed by atoms with Crippen molar-refractivity contribution >= 4 is 11.8 Å². The van der Waals surface area contributed by atoms with Gasteiger partial charge in [-0.05, 0) is 30.7 Å². The van der Waals surface area contributed by atoms with Gasteiger partial charge in [0.15, 0.2) is 11.0 Å². The number of hydrogen-bond acceptors (Lipinski definition) is 4. The number of halogens is 3. The zero-order valence-electron chi connectivity index (χ0n) is 13.4. The average molecular weight is 364 g/mol. The molecular formula is C17H15F3N4S. The molecule has 8 heteroatoms. The summed E-state index contributed by atoms with van der Waals surface area (Å²) in [6, 6.07) is 9.05. The summed E-state index contributed by atoms with van der Waals surface area (Å²) < 4.78 is 40.3. The van der Waals surface area contributed by atoms with Gasteiger partial charge in [0, 0.05) is 30.3 Å². The molecule has 0 N–H and O–H groups in total. The van der Waals surface area contributed by atoms with E-state index in [9.17, 15) is 13.2 Å². The number of benzene rings is 1. The summed E-state index contributed by atoms with van der Waals surface area (Å²) >= 11 is 1.36. The van der Waals surface area contributed by atoms with Crippen molar-refractivity contribution in [3.05, 3.63) is 59.9 Å². The maximum atomic E-state index is 12.8. The molecule has 0 unspecified atom stereocenters. The predicted octanol–water partition coefficient (Wildman–Crippen LogP) is 4.67. The molecule has 0 fully saturated rings. The molecule has 0 spiro atoms. The highest BCUT2D eigenvalue weighted by Crippen LogP contribution is 2.31. The quantitative estimate of drug-likeness (QED) is 0.617. The fraction of sp³-hybridized carbons (Fsp3) is 0.235. The van der Waals surface area contributed by atoms with Crippen molar-refractivity contribution in [2.24, 2.45) is 0 Å². The maximum absolute atomic E-state index is 12.8. The van der Waals surface area contributed by atoms with E-state index in [1.165, 1.54) is 23.9 Å². The highest BCUT2D eigenvalue weighted by molar-refractivity contribution is 7.98. The Bertz CT molecular complexity index is 847. The van der Waals surface area contributed by atoms with Gasteiger partial charge >= 0.3 is 6.18 Å². The summed E-state index contributed by atoms with van der Waals surface area (Å²) in [4.78, 5) is 4.08. The van der Waals surface area contributed by atoms with Crippen LogP contribution in [0.2, 0.25) is 0 Å². The second-order valence-corrected chi connectivity index (χ2v) is 6.22. The third-order valence-corrected chi connectivity index (χ3v) is 4.61. The smallest absolute Gasteiger partial charge is 0.302 e. The van der Waals surface area contributed by atoms with Gasteiger partial charge in [-0.2, -0.15) is 13.2 Å². The minimum Gasteiger partial charge on any atom is -0.302 e. The van der Waals surface area contributed by atoms with Crippen LogP contribution in [0.3, 0.4) is 0 Å². The fourth-order valence-electron chi connectivity index (χ4n) is 2.37. The minimum atomic E-state index is -4.34. The van der Waals surface area contributed by atoms with E-state index in [-0.39, 0.29) is 0 Å². The Morgan fingerprint density at radius 2 is 1.96 bits per heavy atom. The monoisotopic (exact) mass is 364 g/mol. The topological polar surface area (TPSA) is 43.6 Å². The SMILES string of the molecule is CCn1c(SCc2cccc(C(F)(F)F)c2)nnc1-c1cccnc1. The highest BCUT2D eigenvalue weighted by atomic mass is 32.2. The molecule has 0 aliphatic rings. The van der Waals surface area contributed by atoms with Gasteiger partial charge in [0.1, 0.15) is 0 Å². The van der Waals surface area contributed by atoms with Crippen LogP contribution in [0.1, 0.15) is 18.1 Å². The Hall–Kier alpha value is -2.35. The highest BCUT2D eigenvalue weighted by Gasteiger charge is 2.30. The van der Waals surface area contributed by atoms with E-state index >= 15 is 0 Å². The van der Waals surface area contributed by atoms with Crippen LogP contribution >= 0.6 is 11.8 Å². The van der Waals surface area contributed by atoms with Gasteiger partial charge in [0.05, 0.1) is 5.56 Å². The van der Waals surface area contributed by atoms with Crippen molar-refractivity contribution < 1.29 is 13.2 Å². The summed E-state index contributed by atoms with van der Waals surface area (Å²) in [5.74, 6) is 1.08. The number of thioether (sulfide) groups is 1. The normalized spacial score (nSPS) is 11.7. The van der Waals surface area contributed by atoms with Crippen LogP contribution in [-0.2, 0) is 18.5 Å². The van der Waals surface area contributed by atoms with Crippen molar-refractivity contribution in [3.8, 4) is 11.4 Å². The number of nitrogens with zero attached hydrogens (tertiary/aromatic N) is 4. The van der Waals surface area contributed by atoms with Crippen LogP contribution in [0.4, 0.5) is 13.2 Å². The third kappa shape index (κ3) is 4.01. The fourth-order valence-corrected chi connectivity index (χ4v) is 3.32. The molecule has 4 nitrogen and oxygen atoms in total. The molecule has 0 bridgehead atoms. The van der Waals surface area contributed by atoms with Crippen molar-refractivity contribution in [1.29, 1.82) is 0 Å². The Morgan fingerprint density at radius 3 is 2.64 bits per heavy atom. The molecule has 0 aliphatic heterocycles. The molecule has 2 heterocycles. The van der Waals surface area contributed by atoms with Crippen LogP contribution in [0.25, 0.3) is 11.4 Å². The molecule has 0 saturated carbocycles. The van der Waals surface area contributed by atoms with Gasteiger partial charge < -0.3 is 4.57 Å². The van der Waals surface area contributed by atoms with Crippen LogP contribution in [0.5, 0.6) is 0 Å². The molecule has 3 aromatic rings. The lowest BCUT2D eigenvalue weighted by atomic mass is 10.1. The Labute approximate surface area is 147 Å². The average Bonchev–Trinajstić information content (AvgIpc) is 3.03. The zero-order valence-corrected chi connectivity index (χ0v) is 14.2. The van der Waals surface area contributed by atoms with Crippen LogP contribution < -0.4 is 0 Å². The maximum Gasteiger partial charge on any atom is 0.416 e. The van der Waals surface area contributed by atoms with Crippen LogP contribution in [-0.4, -0.2) is 19.7 Å². The van der Waals surface area contributed by atoms with E-state index < -0.39 is 11.7 Å². The summed E-state index contributed by atoms with van der Waals surface area (Å²) in [6.45, 7) is 2.62. The number of aromatic nitrogens is 4. The van der Waals surface area contributed by atoms with E-state index in [2.05, 4.69) is 15.2 Å². The first-order chi connectivity index (χ1) is 12.0. The molecule has 1 aromatic carbocycles. The van der Waals surface area contributed by atoms with Crippen molar-refractivity contribution in [3.63, 3.8) is 0 Å². The van der Waals surface area contributed by atoms with E-state index in [1.807, 2.05) is 23.6 Å².